The Morgan fingerprint density at radius 2 is 1.90 bits per heavy atom. The summed E-state index contributed by atoms with van der Waals surface area (Å²) >= 11 is 0. The fraction of sp³-hybridized carbons (Fsp3) is 0.438. The van der Waals surface area contributed by atoms with E-state index in [9.17, 15) is 9.59 Å². The average Bonchev–Trinajstić information content (AvgIpc) is 2.53. The van der Waals surface area contributed by atoms with Crippen molar-refractivity contribution in [2.75, 3.05) is 6.61 Å². The van der Waals surface area contributed by atoms with Crippen LogP contribution in [0.15, 0.2) is 17.4 Å². The quantitative estimate of drug-likeness (QED) is 0.862. The Morgan fingerprint density at radius 1 is 1.33 bits per heavy atom. The summed E-state index contributed by atoms with van der Waals surface area (Å²) in [6.07, 6.45) is 4.67. The van der Waals surface area contributed by atoms with E-state index >= 15 is 0 Å². The van der Waals surface area contributed by atoms with E-state index in [2.05, 4.69) is 16.5 Å². The minimum absolute atomic E-state index is 0.0915. The molecule has 0 aliphatic carbocycles. The van der Waals surface area contributed by atoms with E-state index in [1.807, 2.05) is 27.7 Å². The van der Waals surface area contributed by atoms with Crippen molar-refractivity contribution in [2.24, 2.45) is 0 Å². The Balaban J connectivity index is 0. The van der Waals surface area contributed by atoms with Gasteiger partial charge in [0.15, 0.2) is 0 Å². The number of nitrogens with zero attached hydrogens (tertiary/aromatic N) is 1. The average molecular weight is 294 g/mol. The van der Waals surface area contributed by atoms with Crippen LogP contribution in [0.25, 0.3) is 12.2 Å². The fourth-order valence-corrected chi connectivity index (χ4v) is 1.29. The molecule has 1 N–H and O–H groups in total. The minimum atomic E-state index is -0.641. The first-order valence-corrected chi connectivity index (χ1v) is 7.20. The van der Waals surface area contributed by atoms with E-state index < -0.39 is 11.5 Å². The standard InChI is InChI=1S/C12H14N2O3.2C2H6/c1-4-7-8-9(5-2)13-10(14-11(8)15)12(16)17-6-3;2*1-2/h4-5,7H,1,6H2,2-3H3,(H,13,14,15);2*1-2H3/b8-7+,9-5+;;. The number of ether oxygens (including phenoxy) is 1. The Hall–Kier alpha value is -2.17. The monoisotopic (exact) mass is 294 g/mol. The lowest BCUT2D eigenvalue weighted by atomic mass is 10.3. The topological polar surface area (TPSA) is 72.0 Å². The predicted molar refractivity (Wildman–Crippen MR) is 87.6 cm³/mol. The molecule has 1 heterocycles. The van der Waals surface area contributed by atoms with Crippen LogP contribution >= 0.6 is 0 Å². The van der Waals surface area contributed by atoms with E-state index in [0.29, 0.717) is 10.6 Å². The summed E-state index contributed by atoms with van der Waals surface area (Å²) in [5, 5.41) is 0.798. The minimum Gasteiger partial charge on any atom is -0.460 e. The Morgan fingerprint density at radius 3 is 2.33 bits per heavy atom. The highest BCUT2D eigenvalue weighted by Crippen LogP contribution is 1.86. The van der Waals surface area contributed by atoms with Gasteiger partial charge in [0.1, 0.15) is 0 Å². The maximum atomic E-state index is 11.7. The molecule has 1 aromatic rings. The summed E-state index contributed by atoms with van der Waals surface area (Å²) in [6, 6.07) is 0. The zero-order valence-electron chi connectivity index (χ0n) is 13.8. The van der Waals surface area contributed by atoms with Gasteiger partial charge in [-0.1, -0.05) is 46.4 Å². The van der Waals surface area contributed by atoms with E-state index in [1.165, 1.54) is 12.2 Å². The SMILES string of the molecule is C=C/C=c1/c(=O)[nH]c(C(=O)OCC)n/c1=C/C.CC.CC. The lowest BCUT2D eigenvalue weighted by Crippen LogP contribution is -2.44. The molecule has 118 valence electrons. The predicted octanol–water partition coefficient (Wildman–Crippen LogP) is 1.77. The van der Waals surface area contributed by atoms with Crippen molar-refractivity contribution in [3.63, 3.8) is 0 Å². The Kier molecular flexibility index (Phi) is 12.9. The van der Waals surface area contributed by atoms with Gasteiger partial charge in [-0.05, 0) is 19.9 Å². The van der Waals surface area contributed by atoms with Gasteiger partial charge in [-0.2, -0.15) is 0 Å². The zero-order chi connectivity index (χ0) is 16.8. The van der Waals surface area contributed by atoms with Crippen LogP contribution in [-0.4, -0.2) is 22.5 Å². The lowest BCUT2D eigenvalue weighted by Gasteiger charge is -2.00. The molecular formula is C16H26N2O3. The number of H-pyrrole nitrogens is 1. The number of aromatic nitrogens is 2. The number of nitrogens with one attached hydrogen (secondary N) is 1. The molecule has 5 nitrogen and oxygen atoms in total. The highest BCUT2D eigenvalue weighted by Gasteiger charge is 2.09. The summed E-state index contributed by atoms with van der Waals surface area (Å²) < 4.78 is 4.77. The van der Waals surface area contributed by atoms with Crippen molar-refractivity contribution in [3.8, 4) is 0 Å². The molecule has 0 saturated carbocycles. The second-order valence-electron chi connectivity index (χ2n) is 3.12. The number of hydrogen-bond donors (Lipinski definition) is 1. The van der Waals surface area contributed by atoms with Gasteiger partial charge in [0, 0.05) is 0 Å². The maximum Gasteiger partial charge on any atom is 0.374 e. The summed E-state index contributed by atoms with van der Waals surface area (Å²) in [6.45, 7) is 15.2. The molecule has 0 saturated heterocycles. The normalized spacial score (nSPS) is 10.8. The molecule has 5 heteroatoms. The molecule has 1 rings (SSSR count). The van der Waals surface area contributed by atoms with Crippen LogP contribution in [0, 0.1) is 0 Å². The van der Waals surface area contributed by atoms with Crippen molar-refractivity contribution < 1.29 is 9.53 Å². The number of rotatable bonds is 3. The molecule has 0 unspecified atom stereocenters. The van der Waals surface area contributed by atoms with E-state index in [-0.39, 0.29) is 12.4 Å². The van der Waals surface area contributed by atoms with E-state index in [4.69, 9.17) is 4.74 Å². The lowest BCUT2D eigenvalue weighted by molar-refractivity contribution is 0.0511. The number of aromatic amines is 1. The second kappa shape index (κ2) is 12.8. The van der Waals surface area contributed by atoms with Gasteiger partial charge in [0.2, 0.25) is 5.82 Å². The Bertz CT molecular complexity index is 601. The van der Waals surface area contributed by atoms with Gasteiger partial charge in [-0.25, -0.2) is 9.78 Å². The van der Waals surface area contributed by atoms with Gasteiger partial charge < -0.3 is 9.72 Å². The van der Waals surface area contributed by atoms with Crippen molar-refractivity contribution in [1.29, 1.82) is 0 Å². The second-order valence-corrected chi connectivity index (χ2v) is 3.12. The molecule has 0 bridgehead atoms. The molecule has 1 aromatic heterocycles. The van der Waals surface area contributed by atoms with E-state index in [1.54, 1.807) is 19.9 Å². The summed E-state index contributed by atoms with van der Waals surface area (Å²) in [4.78, 5) is 29.6. The number of carbonyl (C=O) groups is 1. The van der Waals surface area contributed by atoms with Crippen molar-refractivity contribution in [1.82, 2.24) is 9.97 Å². The van der Waals surface area contributed by atoms with Crippen molar-refractivity contribution in [2.45, 2.75) is 41.5 Å². The third-order valence-corrected chi connectivity index (χ3v) is 2.01. The Labute approximate surface area is 126 Å². The van der Waals surface area contributed by atoms with Crippen molar-refractivity contribution >= 4 is 18.1 Å². The van der Waals surface area contributed by atoms with E-state index in [0.717, 1.165) is 0 Å². The van der Waals surface area contributed by atoms with Crippen LogP contribution in [-0.2, 0) is 4.74 Å². The highest BCUT2D eigenvalue weighted by molar-refractivity contribution is 5.84. The highest BCUT2D eigenvalue weighted by atomic mass is 16.5. The smallest absolute Gasteiger partial charge is 0.374 e. The fourth-order valence-electron chi connectivity index (χ4n) is 1.29. The molecule has 21 heavy (non-hydrogen) atoms. The molecular weight excluding hydrogens is 268 g/mol. The first kappa shape index (κ1) is 21.1. The van der Waals surface area contributed by atoms with Crippen LogP contribution < -0.4 is 16.1 Å². The molecule has 0 amide bonds. The summed E-state index contributed by atoms with van der Waals surface area (Å²) in [5.41, 5.74) is -0.393. The van der Waals surface area contributed by atoms with Gasteiger partial charge in [-0.3, -0.25) is 4.79 Å². The summed E-state index contributed by atoms with van der Waals surface area (Å²) in [5.74, 6) is -0.732. The van der Waals surface area contributed by atoms with Crippen LogP contribution in [0.2, 0.25) is 0 Å². The zero-order valence-corrected chi connectivity index (χ0v) is 13.8. The first-order chi connectivity index (χ1) is 10.1. The molecule has 0 aliphatic heterocycles. The van der Waals surface area contributed by atoms with Crippen LogP contribution in [0.4, 0.5) is 0 Å². The molecule has 0 atom stereocenters. The molecule has 0 aliphatic rings. The molecule has 0 radical (unpaired) electrons. The van der Waals surface area contributed by atoms with Crippen LogP contribution in [0.1, 0.15) is 52.2 Å². The molecule has 0 aromatic carbocycles. The number of carbonyl (C=O) groups excluding carboxylic acids is 1. The largest absolute Gasteiger partial charge is 0.460 e. The van der Waals surface area contributed by atoms with Gasteiger partial charge in [0.25, 0.3) is 5.56 Å². The van der Waals surface area contributed by atoms with Crippen LogP contribution in [0.3, 0.4) is 0 Å². The number of allylic oxidation sites excluding steroid dienone is 1. The van der Waals surface area contributed by atoms with Gasteiger partial charge >= 0.3 is 5.97 Å². The number of hydrogen-bond acceptors (Lipinski definition) is 4. The van der Waals surface area contributed by atoms with Crippen LogP contribution in [0.5, 0.6) is 0 Å². The third kappa shape index (κ3) is 6.70. The van der Waals surface area contributed by atoms with Gasteiger partial charge in [-0.15, -0.1) is 0 Å². The first-order valence-electron chi connectivity index (χ1n) is 7.20. The third-order valence-electron chi connectivity index (χ3n) is 2.01. The summed E-state index contributed by atoms with van der Waals surface area (Å²) in [7, 11) is 0. The number of esters is 1. The van der Waals surface area contributed by atoms with Crippen molar-refractivity contribution in [3.05, 3.63) is 39.4 Å². The molecule has 0 spiro atoms. The van der Waals surface area contributed by atoms with Gasteiger partial charge in [0.05, 0.1) is 17.2 Å². The molecule has 0 fully saturated rings. The maximum absolute atomic E-state index is 11.7.